The summed E-state index contributed by atoms with van der Waals surface area (Å²) in [7, 11) is 0. The maximum absolute atomic E-state index is 14.9. The van der Waals surface area contributed by atoms with Crippen molar-refractivity contribution in [2.24, 2.45) is 0 Å². The number of halogens is 1. The van der Waals surface area contributed by atoms with Gasteiger partial charge in [0.25, 0.3) is 0 Å². The predicted molar refractivity (Wildman–Crippen MR) is 115 cm³/mol. The summed E-state index contributed by atoms with van der Waals surface area (Å²) in [5.41, 5.74) is 3.64. The standard InChI is InChI=1S/C23H28FN5/c1-5-18-12-19(13-20(21(18)24)29(6-2)7-3)16(4)11-17-14-27-23(28-15-17)22-25-9-8-10-26-22/h8-10,12-16H,5-7,11H2,1-4H3. The number of nitrogens with zero attached hydrogens (tertiary/aromatic N) is 5. The molecule has 0 aliphatic carbocycles. The molecule has 0 radical (unpaired) electrons. The Morgan fingerprint density at radius 2 is 1.55 bits per heavy atom. The Balaban J connectivity index is 1.83. The summed E-state index contributed by atoms with van der Waals surface area (Å²) >= 11 is 0. The summed E-state index contributed by atoms with van der Waals surface area (Å²) in [6.45, 7) is 9.83. The smallest absolute Gasteiger partial charge is 0.197 e. The molecule has 2 heterocycles. The molecule has 0 aliphatic rings. The van der Waals surface area contributed by atoms with Crippen molar-refractivity contribution >= 4 is 5.69 Å². The van der Waals surface area contributed by atoms with E-state index >= 15 is 0 Å². The third kappa shape index (κ3) is 4.75. The van der Waals surface area contributed by atoms with Crippen LogP contribution in [0.5, 0.6) is 0 Å². The first-order valence-electron chi connectivity index (χ1n) is 10.2. The van der Waals surface area contributed by atoms with Gasteiger partial charge in [-0.15, -0.1) is 0 Å². The Morgan fingerprint density at radius 3 is 2.14 bits per heavy atom. The van der Waals surface area contributed by atoms with Gasteiger partial charge < -0.3 is 4.90 Å². The van der Waals surface area contributed by atoms with Crippen molar-refractivity contribution in [1.82, 2.24) is 19.9 Å². The lowest BCUT2D eigenvalue weighted by Crippen LogP contribution is -2.24. The highest BCUT2D eigenvalue weighted by atomic mass is 19.1. The molecular formula is C23H28FN5. The van der Waals surface area contributed by atoms with Gasteiger partial charge in [0, 0.05) is 37.9 Å². The van der Waals surface area contributed by atoms with E-state index in [-0.39, 0.29) is 11.7 Å². The summed E-state index contributed by atoms with van der Waals surface area (Å²) < 4.78 is 14.9. The second-order valence-electron chi connectivity index (χ2n) is 7.13. The molecule has 0 spiro atoms. The molecule has 2 aromatic heterocycles. The Bertz CT molecular complexity index is 924. The van der Waals surface area contributed by atoms with E-state index in [1.54, 1.807) is 18.5 Å². The van der Waals surface area contributed by atoms with Gasteiger partial charge in [0.05, 0.1) is 5.69 Å². The molecule has 0 amide bonds. The fourth-order valence-electron chi connectivity index (χ4n) is 3.49. The van der Waals surface area contributed by atoms with Crippen LogP contribution in [-0.2, 0) is 12.8 Å². The minimum Gasteiger partial charge on any atom is -0.370 e. The Labute approximate surface area is 172 Å². The lowest BCUT2D eigenvalue weighted by atomic mass is 9.92. The van der Waals surface area contributed by atoms with Crippen molar-refractivity contribution in [3.63, 3.8) is 0 Å². The van der Waals surface area contributed by atoms with Crippen molar-refractivity contribution < 1.29 is 4.39 Å². The molecule has 152 valence electrons. The van der Waals surface area contributed by atoms with E-state index in [1.807, 2.05) is 31.5 Å². The van der Waals surface area contributed by atoms with Crippen LogP contribution in [0.25, 0.3) is 11.6 Å². The minimum absolute atomic E-state index is 0.0947. The number of hydrogen-bond acceptors (Lipinski definition) is 5. The maximum atomic E-state index is 14.9. The zero-order valence-corrected chi connectivity index (χ0v) is 17.6. The fourth-order valence-corrected chi connectivity index (χ4v) is 3.49. The number of anilines is 1. The van der Waals surface area contributed by atoms with E-state index in [1.165, 1.54) is 0 Å². The van der Waals surface area contributed by atoms with Crippen LogP contribution in [-0.4, -0.2) is 33.0 Å². The van der Waals surface area contributed by atoms with Crippen LogP contribution in [0, 0.1) is 5.82 Å². The van der Waals surface area contributed by atoms with Crippen molar-refractivity contribution in [3.05, 3.63) is 65.5 Å². The number of benzene rings is 1. The van der Waals surface area contributed by atoms with Gasteiger partial charge in [0.2, 0.25) is 0 Å². The van der Waals surface area contributed by atoms with Crippen LogP contribution in [0.2, 0.25) is 0 Å². The highest BCUT2D eigenvalue weighted by Gasteiger charge is 2.17. The molecule has 0 saturated heterocycles. The van der Waals surface area contributed by atoms with Crippen molar-refractivity contribution in [1.29, 1.82) is 0 Å². The number of aromatic nitrogens is 4. The average molecular weight is 394 g/mol. The van der Waals surface area contributed by atoms with Gasteiger partial charge in [-0.3, -0.25) is 0 Å². The SMILES string of the molecule is CCc1cc(C(C)Cc2cnc(-c3ncccn3)nc2)cc(N(CC)CC)c1F. The average Bonchev–Trinajstić information content (AvgIpc) is 2.76. The van der Waals surface area contributed by atoms with E-state index in [9.17, 15) is 4.39 Å². The topological polar surface area (TPSA) is 54.8 Å². The van der Waals surface area contributed by atoms with Crippen LogP contribution in [0.3, 0.4) is 0 Å². The molecular weight excluding hydrogens is 365 g/mol. The molecule has 0 saturated carbocycles. The molecule has 1 unspecified atom stereocenters. The van der Waals surface area contributed by atoms with Crippen molar-refractivity contribution in [2.75, 3.05) is 18.0 Å². The van der Waals surface area contributed by atoms with Gasteiger partial charge in [0.15, 0.2) is 11.6 Å². The van der Waals surface area contributed by atoms with E-state index in [0.29, 0.717) is 23.8 Å². The maximum Gasteiger partial charge on any atom is 0.197 e. The number of aryl methyl sites for hydroxylation is 1. The molecule has 1 aromatic carbocycles. The van der Waals surface area contributed by atoms with Crippen LogP contribution in [0.4, 0.5) is 10.1 Å². The summed E-state index contributed by atoms with van der Waals surface area (Å²) in [6, 6.07) is 5.76. The third-order valence-corrected chi connectivity index (χ3v) is 5.22. The van der Waals surface area contributed by atoms with Crippen LogP contribution in [0.1, 0.15) is 50.3 Å². The summed E-state index contributed by atoms with van der Waals surface area (Å²) in [4.78, 5) is 19.3. The van der Waals surface area contributed by atoms with Gasteiger partial charge in [-0.05, 0) is 61.4 Å². The first-order valence-corrected chi connectivity index (χ1v) is 10.2. The van der Waals surface area contributed by atoms with Gasteiger partial charge in [0.1, 0.15) is 5.82 Å². The van der Waals surface area contributed by atoms with Gasteiger partial charge in [-0.2, -0.15) is 0 Å². The van der Waals surface area contributed by atoms with Crippen LogP contribution in [0.15, 0.2) is 43.0 Å². The largest absolute Gasteiger partial charge is 0.370 e. The minimum atomic E-state index is -0.0947. The Kier molecular flexibility index (Phi) is 6.86. The molecule has 5 nitrogen and oxygen atoms in total. The lowest BCUT2D eigenvalue weighted by Gasteiger charge is -2.25. The molecule has 0 aliphatic heterocycles. The summed E-state index contributed by atoms with van der Waals surface area (Å²) in [5.74, 6) is 1.16. The van der Waals surface area contributed by atoms with Gasteiger partial charge in [-0.1, -0.05) is 19.9 Å². The van der Waals surface area contributed by atoms with Gasteiger partial charge >= 0.3 is 0 Å². The molecule has 0 bridgehead atoms. The molecule has 3 aromatic rings. The zero-order valence-electron chi connectivity index (χ0n) is 17.6. The molecule has 0 N–H and O–H groups in total. The van der Waals surface area contributed by atoms with Gasteiger partial charge in [-0.25, -0.2) is 24.3 Å². The summed E-state index contributed by atoms with van der Waals surface area (Å²) in [6.07, 6.45) is 8.46. The monoisotopic (exact) mass is 393 g/mol. The van der Waals surface area contributed by atoms with Crippen molar-refractivity contribution in [2.45, 2.75) is 46.5 Å². The number of hydrogen-bond donors (Lipinski definition) is 0. The molecule has 1 atom stereocenters. The van der Waals surface area contributed by atoms with Crippen molar-refractivity contribution in [3.8, 4) is 11.6 Å². The first-order chi connectivity index (χ1) is 14.1. The quantitative estimate of drug-likeness (QED) is 0.549. The molecule has 0 fully saturated rings. The number of rotatable bonds is 8. The zero-order chi connectivity index (χ0) is 20.8. The predicted octanol–water partition coefficient (Wildman–Crippen LogP) is 4.83. The van der Waals surface area contributed by atoms with E-state index < -0.39 is 0 Å². The Hall–Kier alpha value is -2.89. The molecule has 6 heteroatoms. The molecule has 29 heavy (non-hydrogen) atoms. The van der Waals surface area contributed by atoms with Crippen LogP contribution >= 0.6 is 0 Å². The first kappa shape index (κ1) is 20.8. The highest BCUT2D eigenvalue weighted by molar-refractivity contribution is 5.54. The third-order valence-electron chi connectivity index (χ3n) is 5.22. The second-order valence-corrected chi connectivity index (χ2v) is 7.13. The Morgan fingerprint density at radius 1 is 0.931 bits per heavy atom. The van der Waals surface area contributed by atoms with E-state index in [0.717, 1.165) is 36.2 Å². The van der Waals surface area contributed by atoms with Crippen LogP contribution < -0.4 is 4.90 Å². The summed E-state index contributed by atoms with van der Waals surface area (Å²) in [5, 5.41) is 0. The normalized spacial score (nSPS) is 12.0. The van der Waals surface area contributed by atoms with E-state index in [4.69, 9.17) is 0 Å². The highest BCUT2D eigenvalue weighted by Crippen LogP contribution is 2.30. The molecule has 3 rings (SSSR count). The second kappa shape index (κ2) is 9.54. The lowest BCUT2D eigenvalue weighted by molar-refractivity contribution is 0.602. The van der Waals surface area contributed by atoms with E-state index in [2.05, 4.69) is 45.6 Å². The fraction of sp³-hybridized carbons (Fsp3) is 0.391.